The molecule has 17 heavy (non-hydrogen) atoms. The monoisotopic (exact) mass is 263 g/mol. The molecule has 0 aromatic rings. The van der Waals surface area contributed by atoms with Crippen molar-refractivity contribution in [1.82, 2.24) is 10.2 Å². The van der Waals surface area contributed by atoms with E-state index in [1.54, 1.807) is 0 Å². The Balaban J connectivity index is 2.29. The van der Waals surface area contributed by atoms with Crippen LogP contribution in [0, 0.1) is 5.92 Å². The molecule has 1 aliphatic rings. The van der Waals surface area contributed by atoms with Crippen molar-refractivity contribution in [3.63, 3.8) is 0 Å². The first-order valence-electron chi connectivity index (χ1n) is 6.38. The first-order chi connectivity index (χ1) is 7.92. The van der Waals surface area contributed by atoms with Gasteiger partial charge in [0.15, 0.2) is 0 Å². The molecule has 2 unspecified atom stereocenters. The quantitative estimate of drug-likeness (QED) is 0.706. The molecular formula is C11H25N3O2S. The van der Waals surface area contributed by atoms with Gasteiger partial charge in [0.25, 0.3) is 0 Å². The zero-order valence-electron chi connectivity index (χ0n) is 10.9. The van der Waals surface area contributed by atoms with Crippen molar-refractivity contribution in [3.05, 3.63) is 0 Å². The number of likely N-dealkylation sites (tertiary alicyclic amines) is 1. The number of sulfonamides is 1. The topological polar surface area (TPSA) is 75.4 Å². The van der Waals surface area contributed by atoms with Crippen LogP contribution < -0.4 is 10.5 Å². The molecule has 0 aromatic heterocycles. The van der Waals surface area contributed by atoms with E-state index in [0.29, 0.717) is 18.5 Å². The Morgan fingerprint density at radius 1 is 1.53 bits per heavy atom. The number of rotatable bonds is 6. The van der Waals surface area contributed by atoms with Gasteiger partial charge in [-0.15, -0.1) is 0 Å². The van der Waals surface area contributed by atoms with Crippen molar-refractivity contribution in [3.8, 4) is 0 Å². The number of hydrogen-bond donors (Lipinski definition) is 2. The molecule has 0 bridgehead atoms. The number of nitrogens with two attached hydrogens (primary N) is 1. The molecule has 1 saturated heterocycles. The summed E-state index contributed by atoms with van der Waals surface area (Å²) >= 11 is 0. The summed E-state index contributed by atoms with van der Waals surface area (Å²) in [6.07, 6.45) is 2.46. The van der Waals surface area contributed by atoms with Crippen LogP contribution in [0.2, 0.25) is 0 Å². The summed E-state index contributed by atoms with van der Waals surface area (Å²) in [4.78, 5) is 2.45. The summed E-state index contributed by atoms with van der Waals surface area (Å²) in [5, 5.41) is 8.24. The third-order valence-corrected chi connectivity index (χ3v) is 4.32. The summed E-state index contributed by atoms with van der Waals surface area (Å²) in [5.74, 6) is 0.630. The molecule has 0 aliphatic carbocycles. The maximum Gasteiger partial charge on any atom is 0.210 e. The molecule has 1 aliphatic heterocycles. The minimum absolute atomic E-state index is 0.0154. The Morgan fingerprint density at radius 2 is 2.24 bits per heavy atom. The summed E-state index contributed by atoms with van der Waals surface area (Å²) < 4.78 is 21.6. The zero-order valence-corrected chi connectivity index (χ0v) is 11.7. The molecular weight excluding hydrogens is 238 g/mol. The van der Waals surface area contributed by atoms with E-state index < -0.39 is 10.0 Å². The molecule has 1 heterocycles. The molecule has 2 atom stereocenters. The van der Waals surface area contributed by atoms with Gasteiger partial charge in [-0.05, 0) is 38.8 Å². The summed E-state index contributed by atoms with van der Waals surface area (Å²) in [5.41, 5.74) is 0. The van der Waals surface area contributed by atoms with Gasteiger partial charge in [-0.2, -0.15) is 0 Å². The van der Waals surface area contributed by atoms with E-state index in [0.717, 1.165) is 13.1 Å². The van der Waals surface area contributed by atoms with Gasteiger partial charge >= 0.3 is 0 Å². The van der Waals surface area contributed by atoms with Crippen LogP contribution in [0.1, 0.15) is 26.7 Å². The Bertz CT molecular complexity index is 319. The highest BCUT2D eigenvalue weighted by atomic mass is 32.2. The molecule has 0 aromatic carbocycles. The van der Waals surface area contributed by atoms with Gasteiger partial charge < -0.3 is 10.2 Å². The Morgan fingerprint density at radius 3 is 2.82 bits per heavy atom. The van der Waals surface area contributed by atoms with Crippen molar-refractivity contribution >= 4 is 10.0 Å². The highest BCUT2D eigenvalue weighted by Crippen LogP contribution is 2.19. The van der Waals surface area contributed by atoms with E-state index in [1.165, 1.54) is 19.4 Å². The lowest BCUT2D eigenvalue weighted by Crippen LogP contribution is -2.45. The van der Waals surface area contributed by atoms with Crippen LogP contribution in [0.4, 0.5) is 0 Å². The fourth-order valence-electron chi connectivity index (χ4n) is 2.38. The van der Waals surface area contributed by atoms with E-state index >= 15 is 0 Å². The van der Waals surface area contributed by atoms with Crippen molar-refractivity contribution in [2.45, 2.75) is 32.7 Å². The molecule has 1 rings (SSSR count). The van der Waals surface area contributed by atoms with E-state index in [-0.39, 0.29) is 5.75 Å². The minimum Gasteiger partial charge on any atom is -0.313 e. The normalized spacial score (nSPS) is 24.8. The second-order valence-electron chi connectivity index (χ2n) is 4.91. The van der Waals surface area contributed by atoms with Crippen LogP contribution in [0.15, 0.2) is 0 Å². The zero-order chi connectivity index (χ0) is 12.9. The highest BCUT2D eigenvalue weighted by molar-refractivity contribution is 7.89. The Hall–Kier alpha value is -0.170. The number of primary sulfonamides is 1. The van der Waals surface area contributed by atoms with Gasteiger partial charge in [0.05, 0.1) is 5.75 Å². The minimum atomic E-state index is -3.34. The highest BCUT2D eigenvalue weighted by Gasteiger charge is 2.23. The van der Waals surface area contributed by atoms with Crippen molar-refractivity contribution < 1.29 is 8.42 Å². The van der Waals surface area contributed by atoms with E-state index in [2.05, 4.69) is 24.1 Å². The summed E-state index contributed by atoms with van der Waals surface area (Å²) in [7, 11) is -3.34. The van der Waals surface area contributed by atoms with E-state index in [9.17, 15) is 8.42 Å². The van der Waals surface area contributed by atoms with Crippen molar-refractivity contribution in [2.75, 3.05) is 31.9 Å². The van der Waals surface area contributed by atoms with Gasteiger partial charge in [-0.1, -0.05) is 6.92 Å². The fourth-order valence-corrected chi connectivity index (χ4v) is 2.78. The molecule has 0 saturated carbocycles. The molecule has 0 spiro atoms. The van der Waals surface area contributed by atoms with Gasteiger partial charge in [0.1, 0.15) is 0 Å². The molecule has 102 valence electrons. The maximum absolute atomic E-state index is 10.8. The van der Waals surface area contributed by atoms with Crippen LogP contribution >= 0.6 is 0 Å². The number of nitrogens with one attached hydrogen (secondary N) is 1. The smallest absolute Gasteiger partial charge is 0.210 e. The first kappa shape index (κ1) is 14.9. The predicted molar refractivity (Wildman–Crippen MR) is 70.3 cm³/mol. The largest absolute Gasteiger partial charge is 0.313 e. The molecule has 0 radical (unpaired) electrons. The second-order valence-corrected chi connectivity index (χ2v) is 6.64. The van der Waals surface area contributed by atoms with Crippen molar-refractivity contribution in [2.24, 2.45) is 11.1 Å². The third kappa shape index (κ3) is 5.81. The van der Waals surface area contributed by atoms with E-state index in [4.69, 9.17) is 5.14 Å². The lowest BCUT2D eigenvalue weighted by molar-refractivity contribution is 0.158. The summed E-state index contributed by atoms with van der Waals surface area (Å²) in [6, 6.07) is 0.353. The van der Waals surface area contributed by atoms with Crippen LogP contribution in [0.5, 0.6) is 0 Å². The average molecular weight is 263 g/mol. The maximum atomic E-state index is 10.8. The third-order valence-electron chi connectivity index (χ3n) is 3.55. The number of piperidine rings is 1. The lowest BCUT2D eigenvalue weighted by Gasteiger charge is -2.35. The Kier molecular flexibility index (Phi) is 5.85. The molecule has 3 N–H and O–H groups in total. The van der Waals surface area contributed by atoms with Gasteiger partial charge in [0.2, 0.25) is 10.0 Å². The molecule has 5 nitrogen and oxygen atoms in total. The Labute approximate surface area is 105 Å². The van der Waals surface area contributed by atoms with Crippen molar-refractivity contribution in [1.29, 1.82) is 0 Å². The standard InChI is InChI=1S/C11H25N3O2S/c1-3-14-7-4-5-11(9-14)10(2)13-6-8-17(12,15)16/h10-11,13H,3-9H2,1-2H3,(H2,12,15,16). The number of hydrogen-bond acceptors (Lipinski definition) is 4. The number of nitrogens with zero attached hydrogens (tertiary/aromatic N) is 1. The van der Waals surface area contributed by atoms with Gasteiger partial charge in [-0.25, -0.2) is 13.6 Å². The van der Waals surface area contributed by atoms with Crippen LogP contribution in [-0.2, 0) is 10.0 Å². The lowest BCUT2D eigenvalue weighted by atomic mass is 9.91. The first-order valence-corrected chi connectivity index (χ1v) is 8.10. The van der Waals surface area contributed by atoms with Crippen LogP contribution in [0.25, 0.3) is 0 Å². The molecule has 1 fully saturated rings. The van der Waals surface area contributed by atoms with Crippen LogP contribution in [0.3, 0.4) is 0 Å². The predicted octanol–water partition coefficient (Wildman–Crippen LogP) is -0.0151. The van der Waals surface area contributed by atoms with Gasteiger partial charge in [-0.3, -0.25) is 0 Å². The summed E-state index contributed by atoms with van der Waals surface area (Å²) in [6.45, 7) is 8.16. The average Bonchev–Trinajstić information content (AvgIpc) is 2.27. The molecule has 0 amide bonds. The van der Waals surface area contributed by atoms with Gasteiger partial charge in [0, 0.05) is 19.1 Å². The SMILES string of the molecule is CCN1CCCC(C(C)NCCS(N)(=O)=O)C1. The molecule has 6 heteroatoms. The van der Waals surface area contributed by atoms with E-state index in [1.807, 2.05) is 0 Å². The fraction of sp³-hybridized carbons (Fsp3) is 1.00. The second kappa shape index (κ2) is 6.68. The van der Waals surface area contributed by atoms with Crippen LogP contribution in [-0.4, -0.2) is 51.3 Å².